The number of carbonyl (C=O) groups excluding carboxylic acids is 1. The van der Waals surface area contributed by atoms with Gasteiger partial charge in [0.15, 0.2) is 0 Å². The number of carbonyl (C=O) groups is 1. The molecular formula is C14H22BrClN2O. The Balaban J connectivity index is 0.00000324. The third-order valence-electron chi connectivity index (χ3n) is 3.28. The second kappa shape index (κ2) is 8.56. The van der Waals surface area contributed by atoms with Gasteiger partial charge in [-0.05, 0) is 17.5 Å². The molecule has 1 aromatic carbocycles. The fraction of sp³-hybridized carbons (Fsp3) is 0.500. The molecule has 5 heteroatoms. The summed E-state index contributed by atoms with van der Waals surface area (Å²) in [6.07, 6.45) is 0.912. The molecule has 2 atom stereocenters. The molecule has 0 aliphatic rings. The lowest BCUT2D eigenvalue weighted by Gasteiger charge is -2.25. The predicted octanol–water partition coefficient (Wildman–Crippen LogP) is 3.20. The second-order valence-electron chi connectivity index (χ2n) is 4.70. The van der Waals surface area contributed by atoms with Gasteiger partial charge in [0.25, 0.3) is 0 Å². The molecule has 0 aliphatic carbocycles. The van der Waals surface area contributed by atoms with Crippen molar-refractivity contribution < 1.29 is 4.79 Å². The van der Waals surface area contributed by atoms with Crippen LogP contribution in [0.5, 0.6) is 0 Å². The highest BCUT2D eigenvalue weighted by Crippen LogP contribution is 2.18. The first-order chi connectivity index (χ1) is 8.47. The van der Waals surface area contributed by atoms with Crippen LogP contribution in [-0.4, -0.2) is 23.9 Å². The molecule has 0 saturated heterocycles. The van der Waals surface area contributed by atoms with Gasteiger partial charge in [-0.3, -0.25) is 4.79 Å². The third-order valence-corrected chi connectivity index (χ3v) is 4.06. The predicted molar refractivity (Wildman–Crippen MR) is 85.3 cm³/mol. The Labute approximate surface area is 130 Å². The van der Waals surface area contributed by atoms with Gasteiger partial charge in [-0.25, -0.2) is 0 Å². The number of likely N-dealkylation sites (N-methyl/N-ethyl adjacent to an activating group) is 1. The summed E-state index contributed by atoms with van der Waals surface area (Å²) in [6, 6.07) is 7.49. The van der Waals surface area contributed by atoms with Crippen molar-refractivity contribution in [3.8, 4) is 0 Å². The topological polar surface area (TPSA) is 46.3 Å². The van der Waals surface area contributed by atoms with Crippen molar-refractivity contribution in [2.24, 2.45) is 11.7 Å². The van der Waals surface area contributed by atoms with Crippen LogP contribution in [0.15, 0.2) is 28.7 Å². The highest BCUT2D eigenvalue weighted by Gasteiger charge is 2.22. The van der Waals surface area contributed by atoms with Gasteiger partial charge in [0.05, 0.1) is 6.04 Å². The van der Waals surface area contributed by atoms with Gasteiger partial charge in [-0.1, -0.05) is 54.4 Å². The molecule has 0 spiro atoms. The molecule has 1 aromatic rings. The van der Waals surface area contributed by atoms with Crippen LogP contribution in [0.3, 0.4) is 0 Å². The van der Waals surface area contributed by atoms with Gasteiger partial charge in [-0.2, -0.15) is 0 Å². The Hall–Kier alpha value is -0.580. The SMILES string of the molecule is CCC(C)C(N)C(=O)N(C)Cc1ccccc1Br.Cl. The normalized spacial score (nSPS) is 13.3. The summed E-state index contributed by atoms with van der Waals surface area (Å²) in [5.74, 6) is 0.208. The zero-order valence-electron chi connectivity index (χ0n) is 11.6. The Morgan fingerprint density at radius 2 is 2.00 bits per heavy atom. The molecule has 2 N–H and O–H groups in total. The molecule has 1 amide bonds. The highest BCUT2D eigenvalue weighted by atomic mass is 79.9. The monoisotopic (exact) mass is 348 g/mol. The molecule has 108 valence electrons. The lowest BCUT2D eigenvalue weighted by molar-refractivity contribution is -0.132. The summed E-state index contributed by atoms with van der Waals surface area (Å²) in [4.78, 5) is 13.8. The zero-order valence-corrected chi connectivity index (χ0v) is 14.0. The molecule has 0 radical (unpaired) electrons. The lowest BCUT2D eigenvalue weighted by Crippen LogP contribution is -2.45. The molecule has 3 nitrogen and oxygen atoms in total. The van der Waals surface area contributed by atoms with Crippen molar-refractivity contribution in [3.63, 3.8) is 0 Å². The minimum Gasteiger partial charge on any atom is -0.340 e. The maximum absolute atomic E-state index is 12.1. The van der Waals surface area contributed by atoms with E-state index in [1.54, 1.807) is 11.9 Å². The van der Waals surface area contributed by atoms with E-state index in [9.17, 15) is 4.79 Å². The largest absolute Gasteiger partial charge is 0.340 e. The first-order valence-electron chi connectivity index (χ1n) is 6.21. The van der Waals surface area contributed by atoms with Crippen LogP contribution in [0, 0.1) is 5.92 Å². The van der Waals surface area contributed by atoms with Crippen LogP contribution in [0.2, 0.25) is 0 Å². The molecule has 2 unspecified atom stereocenters. The fourth-order valence-electron chi connectivity index (χ4n) is 1.71. The average Bonchev–Trinajstić information content (AvgIpc) is 2.38. The number of nitrogens with zero attached hydrogens (tertiary/aromatic N) is 1. The van der Waals surface area contributed by atoms with E-state index < -0.39 is 6.04 Å². The Morgan fingerprint density at radius 3 is 2.53 bits per heavy atom. The second-order valence-corrected chi connectivity index (χ2v) is 5.55. The molecule has 0 heterocycles. The Kier molecular flexibility index (Phi) is 8.30. The Bertz CT molecular complexity index is 414. The van der Waals surface area contributed by atoms with E-state index in [-0.39, 0.29) is 24.2 Å². The van der Waals surface area contributed by atoms with E-state index in [0.717, 1.165) is 16.5 Å². The lowest BCUT2D eigenvalue weighted by atomic mass is 9.99. The van der Waals surface area contributed by atoms with Crippen molar-refractivity contribution >= 4 is 34.2 Å². The van der Waals surface area contributed by atoms with Gasteiger partial charge in [0.1, 0.15) is 0 Å². The zero-order chi connectivity index (χ0) is 13.7. The average molecular weight is 350 g/mol. The maximum atomic E-state index is 12.1. The quantitative estimate of drug-likeness (QED) is 0.887. The number of halogens is 2. The van der Waals surface area contributed by atoms with Crippen molar-refractivity contribution in [3.05, 3.63) is 34.3 Å². The fourth-order valence-corrected chi connectivity index (χ4v) is 2.12. The van der Waals surface area contributed by atoms with Gasteiger partial charge < -0.3 is 10.6 Å². The first-order valence-corrected chi connectivity index (χ1v) is 7.00. The smallest absolute Gasteiger partial charge is 0.239 e. The number of hydrogen-bond donors (Lipinski definition) is 1. The minimum atomic E-state index is -0.414. The molecule has 0 aromatic heterocycles. The summed E-state index contributed by atoms with van der Waals surface area (Å²) >= 11 is 3.48. The maximum Gasteiger partial charge on any atom is 0.239 e. The summed E-state index contributed by atoms with van der Waals surface area (Å²) in [5.41, 5.74) is 7.05. The molecule has 0 aliphatic heterocycles. The van der Waals surface area contributed by atoms with Crippen LogP contribution >= 0.6 is 28.3 Å². The van der Waals surface area contributed by atoms with Crippen molar-refractivity contribution in [2.45, 2.75) is 32.9 Å². The molecule has 1 rings (SSSR count). The number of rotatable bonds is 5. The molecule has 0 saturated carbocycles. The van der Waals surface area contributed by atoms with E-state index in [1.165, 1.54) is 0 Å². The third kappa shape index (κ3) is 5.13. The highest BCUT2D eigenvalue weighted by molar-refractivity contribution is 9.10. The van der Waals surface area contributed by atoms with E-state index in [4.69, 9.17) is 5.73 Å². The summed E-state index contributed by atoms with van der Waals surface area (Å²) in [6.45, 7) is 4.63. The number of benzene rings is 1. The van der Waals surface area contributed by atoms with E-state index in [2.05, 4.69) is 15.9 Å². The van der Waals surface area contributed by atoms with Gasteiger partial charge in [0.2, 0.25) is 5.91 Å². The number of hydrogen-bond acceptors (Lipinski definition) is 2. The van der Waals surface area contributed by atoms with Gasteiger partial charge >= 0.3 is 0 Å². The number of nitrogens with two attached hydrogens (primary N) is 1. The van der Waals surface area contributed by atoms with Crippen molar-refractivity contribution in [1.29, 1.82) is 0 Å². The van der Waals surface area contributed by atoms with Crippen LogP contribution < -0.4 is 5.73 Å². The van der Waals surface area contributed by atoms with Crippen LogP contribution in [0.25, 0.3) is 0 Å². The van der Waals surface area contributed by atoms with Gasteiger partial charge in [0, 0.05) is 18.1 Å². The Morgan fingerprint density at radius 1 is 1.42 bits per heavy atom. The van der Waals surface area contributed by atoms with Crippen molar-refractivity contribution in [1.82, 2.24) is 4.90 Å². The van der Waals surface area contributed by atoms with E-state index in [1.807, 2.05) is 38.1 Å². The van der Waals surface area contributed by atoms with E-state index >= 15 is 0 Å². The molecule has 19 heavy (non-hydrogen) atoms. The molecular weight excluding hydrogens is 328 g/mol. The van der Waals surface area contributed by atoms with Crippen LogP contribution in [-0.2, 0) is 11.3 Å². The van der Waals surface area contributed by atoms with E-state index in [0.29, 0.717) is 6.54 Å². The number of amides is 1. The van der Waals surface area contributed by atoms with Crippen LogP contribution in [0.1, 0.15) is 25.8 Å². The standard InChI is InChI=1S/C14H21BrN2O.ClH/c1-4-10(2)13(16)14(18)17(3)9-11-7-5-6-8-12(11)15;/h5-8,10,13H,4,9,16H2,1-3H3;1H. The van der Waals surface area contributed by atoms with Crippen molar-refractivity contribution in [2.75, 3.05) is 7.05 Å². The first kappa shape index (κ1) is 18.4. The summed E-state index contributed by atoms with van der Waals surface area (Å²) < 4.78 is 1.02. The van der Waals surface area contributed by atoms with Gasteiger partial charge in [-0.15, -0.1) is 12.4 Å². The summed E-state index contributed by atoms with van der Waals surface area (Å²) in [7, 11) is 1.80. The molecule has 0 bridgehead atoms. The minimum absolute atomic E-state index is 0. The molecule has 0 fully saturated rings. The summed E-state index contributed by atoms with van der Waals surface area (Å²) in [5, 5.41) is 0. The van der Waals surface area contributed by atoms with Crippen LogP contribution in [0.4, 0.5) is 0 Å².